The standard InChI is InChI=1S/C11H11N/c1-2-5-10(6-3-1)11-7-4-8-12-9-11/h1-3,5-6,8,11H,4,7H2. The van der Waals surface area contributed by atoms with Crippen molar-refractivity contribution >= 4 is 6.21 Å². The monoisotopic (exact) mass is 157 g/mol. The highest BCUT2D eigenvalue weighted by molar-refractivity contribution is 5.59. The van der Waals surface area contributed by atoms with Crippen molar-refractivity contribution in [3.05, 3.63) is 42.4 Å². The summed E-state index contributed by atoms with van der Waals surface area (Å²) in [7, 11) is 0. The highest BCUT2D eigenvalue weighted by atomic mass is 14.7. The molecule has 0 saturated heterocycles. The third-order valence-corrected chi connectivity index (χ3v) is 2.11. The van der Waals surface area contributed by atoms with E-state index in [0.29, 0.717) is 5.92 Å². The van der Waals surface area contributed by atoms with Gasteiger partial charge >= 0.3 is 0 Å². The molecular weight excluding hydrogens is 146 g/mol. The van der Waals surface area contributed by atoms with Gasteiger partial charge < -0.3 is 0 Å². The second-order valence-corrected chi connectivity index (χ2v) is 2.98. The molecule has 1 aliphatic rings. The molecule has 1 aromatic rings. The molecule has 1 aliphatic heterocycles. The van der Waals surface area contributed by atoms with Gasteiger partial charge in [0.25, 0.3) is 0 Å². The minimum Gasteiger partial charge on any atom is -0.285 e. The van der Waals surface area contributed by atoms with Crippen LogP contribution in [0.5, 0.6) is 0 Å². The lowest BCUT2D eigenvalue weighted by molar-refractivity contribution is 0.697. The summed E-state index contributed by atoms with van der Waals surface area (Å²) in [4.78, 5) is 4.06. The van der Waals surface area contributed by atoms with E-state index >= 15 is 0 Å². The molecule has 1 unspecified atom stereocenters. The normalized spacial score (nSPS) is 22.5. The Morgan fingerprint density at radius 2 is 2.08 bits per heavy atom. The molecule has 0 aliphatic carbocycles. The molecule has 0 spiro atoms. The van der Waals surface area contributed by atoms with E-state index in [9.17, 15) is 0 Å². The van der Waals surface area contributed by atoms with Gasteiger partial charge in [-0.2, -0.15) is 0 Å². The molecule has 0 amide bonds. The van der Waals surface area contributed by atoms with Crippen LogP contribution in [-0.2, 0) is 0 Å². The number of benzene rings is 1. The van der Waals surface area contributed by atoms with E-state index in [1.165, 1.54) is 5.56 Å². The van der Waals surface area contributed by atoms with Crippen molar-refractivity contribution in [2.45, 2.75) is 18.8 Å². The number of hydrogen-bond donors (Lipinski definition) is 0. The van der Waals surface area contributed by atoms with Crippen molar-refractivity contribution in [3.63, 3.8) is 0 Å². The quantitative estimate of drug-likeness (QED) is 0.594. The van der Waals surface area contributed by atoms with Crippen LogP contribution in [0.2, 0.25) is 0 Å². The fourth-order valence-corrected chi connectivity index (χ4v) is 1.44. The molecule has 2 radical (unpaired) electrons. The smallest absolute Gasteiger partial charge is 0.123 e. The van der Waals surface area contributed by atoms with Crippen LogP contribution in [0.15, 0.2) is 35.3 Å². The van der Waals surface area contributed by atoms with Gasteiger partial charge in [-0.15, -0.1) is 0 Å². The Hall–Kier alpha value is -1.11. The van der Waals surface area contributed by atoms with Gasteiger partial charge in [-0.25, -0.2) is 0 Å². The molecule has 0 bridgehead atoms. The van der Waals surface area contributed by atoms with E-state index in [4.69, 9.17) is 0 Å². The van der Waals surface area contributed by atoms with Crippen LogP contribution in [0.3, 0.4) is 0 Å². The zero-order valence-electron chi connectivity index (χ0n) is 6.90. The third-order valence-electron chi connectivity index (χ3n) is 2.11. The minimum absolute atomic E-state index is 0.413. The fourth-order valence-electron chi connectivity index (χ4n) is 1.44. The highest BCUT2D eigenvalue weighted by Crippen LogP contribution is 2.26. The van der Waals surface area contributed by atoms with Crippen molar-refractivity contribution in [3.8, 4) is 0 Å². The predicted octanol–water partition coefficient (Wildman–Crippen LogP) is 2.67. The lowest BCUT2D eigenvalue weighted by Crippen LogP contribution is -2.03. The molecule has 1 heteroatoms. The average Bonchev–Trinajstić information content (AvgIpc) is 2.21. The maximum Gasteiger partial charge on any atom is 0.123 e. The summed E-state index contributed by atoms with van der Waals surface area (Å²) < 4.78 is 0. The van der Waals surface area contributed by atoms with E-state index in [0.717, 1.165) is 12.8 Å². The largest absolute Gasteiger partial charge is 0.285 e. The molecule has 2 rings (SSSR count). The van der Waals surface area contributed by atoms with Crippen LogP contribution in [-0.4, -0.2) is 6.21 Å². The topological polar surface area (TPSA) is 12.4 Å². The molecule has 60 valence electrons. The van der Waals surface area contributed by atoms with Crippen molar-refractivity contribution in [2.75, 3.05) is 0 Å². The zero-order valence-corrected chi connectivity index (χ0v) is 6.90. The molecule has 0 fully saturated rings. The summed E-state index contributed by atoms with van der Waals surface area (Å²) in [5.74, 6) is 0.413. The minimum atomic E-state index is 0.413. The van der Waals surface area contributed by atoms with Gasteiger partial charge in [-0.1, -0.05) is 30.3 Å². The number of hydrogen-bond acceptors (Lipinski definition) is 1. The van der Waals surface area contributed by atoms with Crippen molar-refractivity contribution in [1.29, 1.82) is 0 Å². The molecule has 0 aromatic heterocycles. The van der Waals surface area contributed by atoms with Crippen LogP contribution < -0.4 is 0 Å². The second-order valence-electron chi connectivity index (χ2n) is 2.98. The highest BCUT2D eigenvalue weighted by Gasteiger charge is 2.13. The number of nitrogens with zero attached hydrogens (tertiary/aromatic N) is 1. The lowest BCUT2D eigenvalue weighted by Gasteiger charge is -2.15. The Morgan fingerprint density at radius 1 is 1.25 bits per heavy atom. The Labute approximate surface area is 73.1 Å². The molecule has 1 heterocycles. The summed E-state index contributed by atoms with van der Waals surface area (Å²) in [6, 6.07) is 10.4. The van der Waals surface area contributed by atoms with Crippen LogP contribution in [0, 0.1) is 6.54 Å². The van der Waals surface area contributed by atoms with Gasteiger partial charge in [0.2, 0.25) is 0 Å². The van der Waals surface area contributed by atoms with Crippen LogP contribution >= 0.6 is 0 Å². The van der Waals surface area contributed by atoms with Crippen LogP contribution in [0.1, 0.15) is 24.3 Å². The first kappa shape index (κ1) is 7.53. The number of rotatable bonds is 1. The van der Waals surface area contributed by atoms with Crippen molar-refractivity contribution in [1.82, 2.24) is 0 Å². The number of aliphatic imine (C=N–C) groups is 1. The van der Waals surface area contributed by atoms with Gasteiger partial charge in [0, 0.05) is 5.92 Å². The van der Waals surface area contributed by atoms with Gasteiger partial charge in [0.05, 0.1) is 0 Å². The van der Waals surface area contributed by atoms with E-state index in [2.05, 4.69) is 35.8 Å². The molecular formula is C11H11N. The van der Waals surface area contributed by atoms with E-state index < -0.39 is 0 Å². The fraction of sp³-hybridized carbons (Fsp3) is 0.273. The predicted molar refractivity (Wildman–Crippen MR) is 50.2 cm³/mol. The van der Waals surface area contributed by atoms with Gasteiger partial charge in [0.15, 0.2) is 0 Å². The Morgan fingerprint density at radius 3 is 2.75 bits per heavy atom. The molecule has 1 aromatic carbocycles. The first-order valence-electron chi connectivity index (χ1n) is 4.29. The maximum atomic E-state index is 4.06. The molecule has 12 heavy (non-hydrogen) atoms. The third kappa shape index (κ3) is 1.55. The van der Waals surface area contributed by atoms with Crippen LogP contribution in [0.25, 0.3) is 0 Å². The lowest BCUT2D eigenvalue weighted by atomic mass is 9.93. The molecule has 1 atom stereocenters. The van der Waals surface area contributed by atoms with Crippen LogP contribution in [0.4, 0.5) is 0 Å². The van der Waals surface area contributed by atoms with Gasteiger partial charge in [0.1, 0.15) is 6.54 Å². The summed E-state index contributed by atoms with van der Waals surface area (Å²) in [5.41, 5.74) is 1.33. The van der Waals surface area contributed by atoms with E-state index in [1.54, 1.807) is 0 Å². The molecule has 1 nitrogen and oxygen atoms in total. The molecule has 0 N–H and O–H groups in total. The first-order chi connectivity index (χ1) is 5.97. The maximum absolute atomic E-state index is 4.06. The summed E-state index contributed by atoms with van der Waals surface area (Å²) in [6.45, 7) is 3.10. The van der Waals surface area contributed by atoms with E-state index in [-0.39, 0.29) is 0 Å². The summed E-state index contributed by atoms with van der Waals surface area (Å²) in [5, 5.41) is 0. The Bertz CT molecular complexity index is 264. The Kier molecular flexibility index (Phi) is 2.21. The summed E-state index contributed by atoms with van der Waals surface area (Å²) >= 11 is 0. The average molecular weight is 157 g/mol. The zero-order chi connectivity index (χ0) is 8.23. The second kappa shape index (κ2) is 3.53. The Balaban J connectivity index is 2.15. The SMILES string of the molecule is [C]1N=CCCC1c1ccccc1. The van der Waals surface area contributed by atoms with E-state index in [1.807, 2.05) is 12.3 Å². The van der Waals surface area contributed by atoms with Crippen molar-refractivity contribution in [2.24, 2.45) is 4.99 Å². The van der Waals surface area contributed by atoms with Gasteiger partial charge in [-0.05, 0) is 24.6 Å². The first-order valence-corrected chi connectivity index (χ1v) is 4.29. The van der Waals surface area contributed by atoms with Crippen molar-refractivity contribution < 1.29 is 0 Å². The molecule has 0 saturated carbocycles. The van der Waals surface area contributed by atoms with Gasteiger partial charge in [-0.3, -0.25) is 4.99 Å². The summed E-state index contributed by atoms with van der Waals surface area (Å²) in [6.07, 6.45) is 4.15.